The van der Waals surface area contributed by atoms with Crippen LogP contribution in [0.4, 0.5) is 17.5 Å². The first-order valence-corrected chi connectivity index (χ1v) is 25.3. The second kappa shape index (κ2) is 25.6. The summed E-state index contributed by atoms with van der Waals surface area (Å²) in [4.78, 5) is 60.1. The number of nitrogens with zero attached hydrogens (tertiary/aromatic N) is 6. The predicted molar refractivity (Wildman–Crippen MR) is 266 cm³/mol. The van der Waals surface area contributed by atoms with E-state index >= 15 is 0 Å². The number of methoxy groups -OCH3 is 1. The van der Waals surface area contributed by atoms with Gasteiger partial charge in [-0.3, -0.25) is 19.3 Å². The fourth-order valence-electron chi connectivity index (χ4n) is 8.99. The molecule has 3 amide bonds. The smallest absolute Gasteiger partial charge is 0.254 e. The highest BCUT2D eigenvalue weighted by molar-refractivity contribution is 7.09. The van der Waals surface area contributed by atoms with Crippen LogP contribution in [0.5, 0.6) is 11.5 Å². The number of hydrogen-bond donors (Lipinski definition) is 5. The molecular weight excluding hydrogens is 924 g/mol. The molecule has 2 unspecified atom stereocenters. The van der Waals surface area contributed by atoms with Crippen molar-refractivity contribution < 1.29 is 38.4 Å². The third-order valence-electron chi connectivity index (χ3n) is 13.1. The highest BCUT2D eigenvalue weighted by atomic mass is 35.5. The number of aliphatic hydroxyl groups excluding tert-OH is 1. The molecule has 4 aromatic rings. The van der Waals surface area contributed by atoms with E-state index in [9.17, 15) is 19.5 Å². The van der Waals surface area contributed by atoms with Gasteiger partial charge < -0.3 is 55.1 Å². The fraction of sp³-hybridized carbons (Fsp3) is 0.551. The summed E-state index contributed by atoms with van der Waals surface area (Å²) >= 11 is 7.57. The third kappa shape index (κ3) is 13.8. The highest BCUT2D eigenvalue weighted by Crippen LogP contribution is 2.38. The average Bonchev–Trinajstić information content (AvgIpc) is 4.09. The van der Waals surface area contributed by atoms with E-state index < -0.39 is 18.2 Å². The van der Waals surface area contributed by atoms with Crippen molar-refractivity contribution in [3.8, 4) is 11.5 Å². The Morgan fingerprint density at radius 1 is 0.913 bits per heavy atom. The van der Waals surface area contributed by atoms with Crippen LogP contribution in [-0.2, 0) is 19.1 Å². The molecule has 1 aliphatic carbocycles. The Bertz CT molecular complexity index is 2310. The lowest BCUT2D eigenvalue weighted by Gasteiger charge is -2.35. The maximum atomic E-state index is 14.2. The van der Waals surface area contributed by atoms with Crippen LogP contribution >= 0.6 is 22.9 Å². The summed E-state index contributed by atoms with van der Waals surface area (Å²) in [7, 11) is 5.02. The van der Waals surface area contributed by atoms with E-state index in [1.807, 2.05) is 39.4 Å². The Hall–Kier alpha value is -5.15. The number of ether oxygens (including phenoxy) is 4. The number of piperazine rings is 1. The number of amides is 3. The van der Waals surface area contributed by atoms with Gasteiger partial charge in [-0.2, -0.15) is 4.98 Å². The van der Waals surface area contributed by atoms with E-state index in [1.165, 1.54) is 17.5 Å². The number of aliphatic hydroxyl groups is 1. The molecule has 0 spiro atoms. The van der Waals surface area contributed by atoms with Crippen LogP contribution in [0.3, 0.4) is 0 Å². The summed E-state index contributed by atoms with van der Waals surface area (Å²) in [6.07, 6.45) is 7.30. The number of aromatic nitrogens is 3. The number of carbonyl (C=O) groups excluding carboxylic acids is 3. The first-order valence-electron chi connectivity index (χ1n) is 24.0. The van der Waals surface area contributed by atoms with Crippen molar-refractivity contribution in [2.45, 2.75) is 76.1 Å². The summed E-state index contributed by atoms with van der Waals surface area (Å²) in [6.45, 7) is 7.99. The van der Waals surface area contributed by atoms with Crippen LogP contribution in [0.15, 0.2) is 54.0 Å². The molecule has 4 heterocycles. The van der Waals surface area contributed by atoms with Crippen LogP contribution < -0.4 is 30.7 Å². The molecule has 2 aliphatic heterocycles. The minimum Gasteiger partial charge on any atom is -0.495 e. The van der Waals surface area contributed by atoms with E-state index in [2.05, 4.69) is 36.1 Å². The van der Waals surface area contributed by atoms with Gasteiger partial charge in [0, 0.05) is 57.3 Å². The second-order valence-corrected chi connectivity index (χ2v) is 18.9. The molecule has 0 radical (unpaired) electrons. The topological polar surface area (TPSA) is 205 Å². The van der Waals surface area contributed by atoms with Gasteiger partial charge in [0.25, 0.3) is 5.91 Å². The number of likely N-dealkylation sites (N-methyl/N-ethyl adjacent to an activating group) is 1. The standard InChI is InChI=1S/C49H67ClN10O8S/c1-32(51-2)45(62)56-42(33-10-6-5-7-11-33)48(64)60-17-9-14-40(60)46-54-39(31-69-46)43(61)34-12-8-13-36(28-34)68-27-26-67-25-24-66-23-22-58-18-20-59(21-19-58)47(63)35-15-16-38(41(29-35)65-4)55-49-53-30-37(50)44(52-3)57-49/h8,12-13,15-16,28-33,40,42-43,51,61H,5-7,9-11,14,17-27H2,1-4H3,(H,56,62)(H2,52,53,55,57)/t32-,40?,42-,43?/m0/s1. The van der Waals surface area contributed by atoms with Crippen LogP contribution in [0, 0.1) is 5.92 Å². The predicted octanol–water partition coefficient (Wildman–Crippen LogP) is 5.67. The first kappa shape index (κ1) is 51.7. The van der Waals surface area contributed by atoms with Gasteiger partial charge in [-0.25, -0.2) is 9.97 Å². The Balaban J connectivity index is 0.783. The summed E-state index contributed by atoms with van der Waals surface area (Å²) < 4.78 is 23.1. The first-order chi connectivity index (χ1) is 33.6. The molecule has 3 fully saturated rings. The van der Waals surface area contributed by atoms with E-state index in [1.54, 1.807) is 46.3 Å². The van der Waals surface area contributed by atoms with Crippen molar-refractivity contribution in [1.82, 2.24) is 40.3 Å². The lowest BCUT2D eigenvalue weighted by molar-refractivity contribution is -0.139. The molecule has 5 N–H and O–H groups in total. The van der Waals surface area contributed by atoms with E-state index in [0.717, 1.165) is 69.6 Å². The Kier molecular flexibility index (Phi) is 19.2. The molecule has 2 saturated heterocycles. The van der Waals surface area contributed by atoms with Crippen LogP contribution in [0.2, 0.25) is 5.02 Å². The highest BCUT2D eigenvalue weighted by Gasteiger charge is 2.40. The number of halogens is 1. The van der Waals surface area contributed by atoms with Gasteiger partial charge in [0.15, 0.2) is 0 Å². The van der Waals surface area contributed by atoms with Crippen LogP contribution in [0.1, 0.15) is 90.6 Å². The molecule has 18 nitrogen and oxygen atoms in total. The maximum absolute atomic E-state index is 14.2. The summed E-state index contributed by atoms with van der Waals surface area (Å²) in [6, 6.07) is 11.4. The molecule has 2 aromatic heterocycles. The van der Waals surface area contributed by atoms with E-state index in [-0.39, 0.29) is 29.7 Å². The van der Waals surface area contributed by atoms with Crippen molar-refractivity contribution in [3.63, 3.8) is 0 Å². The van der Waals surface area contributed by atoms with Crippen molar-refractivity contribution in [3.05, 3.63) is 80.9 Å². The van der Waals surface area contributed by atoms with Gasteiger partial charge in [-0.15, -0.1) is 11.3 Å². The monoisotopic (exact) mass is 990 g/mol. The minimum atomic E-state index is -0.969. The number of nitrogens with one attached hydrogen (secondary N) is 4. The molecule has 1 saturated carbocycles. The number of anilines is 3. The summed E-state index contributed by atoms with van der Waals surface area (Å²) in [5.41, 5.74) is 2.33. The SMILES string of the molecule is CNc1nc(Nc2ccc(C(=O)N3CCN(CCOCCOCCOc4cccc(C(O)c5csc(C6CCCN6C(=O)[C@@H](NC(=O)[C@H](C)NC)C6CCCCC6)n5)c4)CC3)cc2OC)ncc1Cl. The van der Waals surface area contributed by atoms with Crippen molar-refractivity contribution in [2.24, 2.45) is 5.92 Å². The zero-order valence-electron chi connectivity index (χ0n) is 40.1. The van der Waals surface area contributed by atoms with E-state index in [4.69, 9.17) is 35.5 Å². The molecule has 3 aliphatic rings. The number of carbonyl (C=O) groups is 3. The number of hydrogen-bond acceptors (Lipinski definition) is 16. The van der Waals surface area contributed by atoms with Crippen molar-refractivity contribution in [2.75, 3.05) is 104 Å². The molecule has 7 rings (SSSR count). The van der Waals surface area contributed by atoms with Crippen LogP contribution in [-0.4, -0.2) is 158 Å². The van der Waals surface area contributed by atoms with Gasteiger partial charge in [-0.1, -0.05) is 43.0 Å². The normalized spacial score (nSPS) is 18.1. The lowest BCUT2D eigenvalue weighted by atomic mass is 9.83. The average molecular weight is 992 g/mol. The van der Waals surface area contributed by atoms with Crippen LogP contribution in [0.25, 0.3) is 0 Å². The van der Waals surface area contributed by atoms with E-state index in [0.29, 0.717) is 103 Å². The lowest BCUT2D eigenvalue weighted by Crippen LogP contribution is -2.55. The minimum absolute atomic E-state index is 0.0371. The van der Waals surface area contributed by atoms with Crippen molar-refractivity contribution in [1.29, 1.82) is 0 Å². The van der Waals surface area contributed by atoms with Gasteiger partial charge in [0.05, 0.1) is 63.2 Å². The van der Waals surface area contributed by atoms with Crippen molar-refractivity contribution >= 4 is 58.1 Å². The molecule has 0 bridgehead atoms. The number of thiazole rings is 1. The second-order valence-electron chi connectivity index (χ2n) is 17.6. The third-order valence-corrected chi connectivity index (χ3v) is 14.3. The number of benzene rings is 2. The number of rotatable bonds is 23. The molecule has 2 aromatic carbocycles. The summed E-state index contributed by atoms with van der Waals surface area (Å²) in [5, 5.41) is 26.6. The van der Waals surface area contributed by atoms with Gasteiger partial charge >= 0.3 is 0 Å². The number of likely N-dealkylation sites (tertiary alicyclic amines) is 1. The van der Waals surface area contributed by atoms with Gasteiger partial charge in [-0.05, 0) is 81.5 Å². The van der Waals surface area contributed by atoms with Gasteiger partial charge in [0.1, 0.15) is 46.1 Å². The Morgan fingerprint density at radius 2 is 1.68 bits per heavy atom. The Labute approximate surface area is 413 Å². The zero-order chi connectivity index (χ0) is 48.7. The molecule has 69 heavy (non-hydrogen) atoms. The largest absolute Gasteiger partial charge is 0.495 e. The fourth-order valence-corrected chi connectivity index (χ4v) is 10.2. The molecule has 374 valence electrons. The quantitative estimate of drug-likeness (QED) is 0.0569. The summed E-state index contributed by atoms with van der Waals surface area (Å²) in [5.74, 6) is 1.79. The maximum Gasteiger partial charge on any atom is 0.254 e. The molecule has 20 heteroatoms. The zero-order valence-corrected chi connectivity index (χ0v) is 41.7. The van der Waals surface area contributed by atoms with Gasteiger partial charge in [0.2, 0.25) is 17.8 Å². The Morgan fingerprint density at radius 3 is 2.43 bits per heavy atom. The molecular formula is C49H67ClN10O8S. The molecule has 4 atom stereocenters.